The van der Waals surface area contributed by atoms with Crippen molar-refractivity contribution in [1.29, 1.82) is 0 Å². The highest BCUT2D eigenvalue weighted by Crippen LogP contribution is 2.75. The summed E-state index contributed by atoms with van der Waals surface area (Å²) >= 11 is 0. The van der Waals surface area contributed by atoms with Crippen molar-refractivity contribution >= 4 is 22.3 Å². The van der Waals surface area contributed by atoms with Crippen LogP contribution in [0.5, 0.6) is 0 Å². The molecule has 17 heteroatoms. The van der Waals surface area contributed by atoms with E-state index in [4.69, 9.17) is 0 Å². The summed E-state index contributed by atoms with van der Waals surface area (Å²) in [6, 6.07) is 0.681. The SMILES string of the molecule is O=C(/C=C(\O)c1ccc2c(F)c(F)c(F)c(F)c2c1)C1(C(F)(F)F)C(F)(F)C(F)(F)C(F)(F)C1(F)F. The van der Waals surface area contributed by atoms with Gasteiger partial charge in [-0.05, 0) is 6.07 Å². The Balaban J connectivity index is 2.29. The summed E-state index contributed by atoms with van der Waals surface area (Å²) in [4.78, 5) is 12.1. The number of hydrogen-bond acceptors (Lipinski definition) is 2. The molecule has 0 amide bonds. The molecule has 0 aliphatic heterocycles. The first-order valence-corrected chi connectivity index (χ1v) is 8.83. The average Bonchev–Trinajstić information content (AvgIpc) is 2.80. The van der Waals surface area contributed by atoms with E-state index in [0.717, 1.165) is 0 Å². The first-order valence-electron chi connectivity index (χ1n) is 8.83. The normalized spacial score (nSPS) is 22.1. The van der Waals surface area contributed by atoms with Gasteiger partial charge in [0.15, 0.2) is 29.1 Å². The van der Waals surface area contributed by atoms with Crippen molar-refractivity contribution in [2.75, 3.05) is 0 Å². The molecule has 1 aliphatic carbocycles. The van der Waals surface area contributed by atoms with Crippen LogP contribution in [0.4, 0.5) is 65.9 Å². The molecule has 1 N–H and O–H groups in total. The number of halogens is 15. The Morgan fingerprint density at radius 3 is 1.53 bits per heavy atom. The summed E-state index contributed by atoms with van der Waals surface area (Å²) < 4.78 is 205. The quantitative estimate of drug-likeness (QED) is 0.148. The van der Waals surface area contributed by atoms with Crippen LogP contribution in [0, 0.1) is 28.7 Å². The molecule has 2 aromatic rings. The van der Waals surface area contributed by atoms with Crippen LogP contribution in [-0.2, 0) is 4.79 Å². The summed E-state index contributed by atoms with van der Waals surface area (Å²) in [6.45, 7) is 0. The predicted molar refractivity (Wildman–Crippen MR) is 87.7 cm³/mol. The monoisotopic (exact) mass is 550 g/mol. The summed E-state index contributed by atoms with van der Waals surface area (Å²) in [5.41, 5.74) is -8.35. The van der Waals surface area contributed by atoms with Gasteiger partial charge in [-0.1, -0.05) is 12.1 Å². The third-order valence-electron chi connectivity index (χ3n) is 5.55. The zero-order valence-electron chi connectivity index (χ0n) is 16.3. The second kappa shape index (κ2) is 7.44. The molecule has 2 aromatic carbocycles. The number of aliphatic hydroxyl groups excluding tert-OH is 1. The van der Waals surface area contributed by atoms with E-state index in [-0.39, 0.29) is 6.07 Å². The third kappa shape index (κ3) is 2.87. The average molecular weight is 550 g/mol. The van der Waals surface area contributed by atoms with Crippen molar-refractivity contribution in [2.24, 2.45) is 5.41 Å². The standard InChI is InChI=1S/C19H5F15O2/c20-10-6-2-1-5(3-7(6)11(21)13(23)12(10)22)8(35)4-9(36)14(19(32,33)34)15(24,25)17(28,29)18(30,31)16(14,26)27/h1-4,35H/b8-4-. The molecule has 2 nitrogen and oxygen atoms in total. The van der Waals surface area contributed by atoms with Gasteiger partial charge in [-0.2, -0.15) is 48.3 Å². The van der Waals surface area contributed by atoms with E-state index in [1.54, 1.807) is 0 Å². The molecule has 0 unspecified atom stereocenters. The lowest BCUT2D eigenvalue weighted by Gasteiger charge is -2.37. The fourth-order valence-corrected chi connectivity index (χ4v) is 3.69. The molecule has 1 aliphatic rings. The number of allylic oxidation sites excluding steroid dienone is 1. The Morgan fingerprint density at radius 1 is 0.694 bits per heavy atom. The van der Waals surface area contributed by atoms with Crippen LogP contribution in [0.2, 0.25) is 0 Å². The molecule has 0 bridgehead atoms. The number of fused-ring (bicyclic) bond motifs is 1. The highest BCUT2D eigenvalue weighted by Gasteiger charge is 3.06. The summed E-state index contributed by atoms with van der Waals surface area (Å²) in [5.74, 6) is -44.8. The molecule has 0 heterocycles. The Labute approximate surface area is 187 Å². The van der Waals surface area contributed by atoms with E-state index in [2.05, 4.69) is 0 Å². The van der Waals surface area contributed by atoms with E-state index < -0.39 is 92.5 Å². The maximum atomic E-state index is 14.1. The Hall–Kier alpha value is -3.14. The minimum atomic E-state index is -7.49. The van der Waals surface area contributed by atoms with E-state index in [0.29, 0.717) is 12.1 Å². The number of carbonyl (C=O) groups excluding carboxylic acids is 1. The van der Waals surface area contributed by atoms with E-state index in [9.17, 15) is 75.8 Å². The van der Waals surface area contributed by atoms with Gasteiger partial charge in [-0.3, -0.25) is 4.79 Å². The lowest BCUT2D eigenvalue weighted by Crippen LogP contribution is -2.64. The molecule has 0 radical (unpaired) electrons. The zero-order valence-corrected chi connectivity index (χ0v) is 16.3. The zero-order chi connectivity index (χ0) is 28.0. The van der Waals surface area contributed by atoms with E-state index >= 15 is 0 Å². The third-order valence-corrected chi connectivity index (χ3v) is 5.55. The molecule has 0 spiro atoms. The van der Waals surface area contributed by atoms with Crippen molar-refractivity contribution in [2.45, 2.75) is 29.9 Å². The van der Waals surface area contributed by atoms with Gasteiger partial charge in [0.2, 0.25) is 0 Å². The van der Waals surface area contributed by atoms with E-state index in [1.807, 2.05) is 0 Å². The second-order valence-corrected chi connectivity index (χ2v) is 7.46. The van der Waals surface area contributed by atoms with Crippen LogP contribution in [-0.4, -0.2) is 40.8 Å². The van der Waals surface area contributed by atoms with Crippen LogP contribution in [0.3, 0.4) is 0 Å². The molecule has 1 saturated carbocycles. The van der Waals surface area contributed by atoms with Gasteiger partial charge in [0.1, 0.15) is 5.76 Å². The number of rotatable bonds is 3. The van der Waals surface area contributed by atoms with Gasteiger partial charge in [0, 0.05) is 22.4 Å². The van der Waals surface area contributed by atoms with Gasteiger partial charge in [0.25, 0.3) is 5.41 Å². The number of benzene rings is 2. The maximum Gasteiger partial charge on any atom is 0.414 e. The van der Waals surface area contributed by atoms with Crippen molar-refractivity contribution in [3.8, 4) is 0 Å². The number of carbonyl (C=O) groups is 1. The molecule has 0 atom stereocenters. The first-order chi connectivity index (χ1) is 16.0. The van der Waals surface area contributed by atoms with Crippen molar-refractivity contribution in [1.82, 2.24) is 0 Å². The lowest BCUT2D eigenvalue weighted by atomic mass is 9.74. The van der Waals surface area contributed by atoms with Gasteiger partial charge in [-0.15, -0.1) is 0 Å². The smallest absolute Gasteiger partial charge is 0.414 e. The molecule has 0 saturated heterocycles. The van der Waals surface area contributed by atoms with Gasteiger partial charge in [0.05, 0.1) is 0 Å². The van der Waals surface area contributed by atoms with Gasteiger partial charge < -0.3 is 5.11 Å². The largest absolute Gasteiger partial charge is 0.507 e. The molecular weight excluding hydrogens is 545 g/mol. The Morgan fingerprint density at radius 2 is 1.11 bits per heavy atom. The predicted octanol–water partition coefficient (Wildman–Crippen LogP) is 6.97. The van der Waals surface area contributed by atoms with Crippen LogP contribution < -0.4 is 0 Å². The fourth-order valence-electron chi connectivity index (χ4n) is 3.69. The molecule has 36 heavy (non-hydrogen) atoms. The van der Waals surface area contributed by atoms with Crippen molar-refractivity contribution in [3.63, 3.8) is 0 Å². The highest BCUT2D eigenvalue weighted by atomic mass is 19.4. The minimum Gasteiger partial charge on any atom is -0.507 e. The lowest BCUT2D eigenvalue weighted by molar-refractivity contribution is -0.341. The Bertz CT molecular complexity index is 1280. The number of hydrogen-bond donors (Lipinski definition) is 1. The molecule has 198 valence electrons. The Kier molecular flexibility index (Phi) is 5.67. The van der Waals surface area contributed by atoms with Crippen LogP contribution in [0.1, 0.15) is 5.56 Å². The van der Waals surface area contributed by atoms with Crippen LogP contribution >= 0.6 is 0 Å². The fraction of sp³-hybridized carbons (Fsp3) is 0.316. The van der Waals surface area contributed by atoms with Gasteiger partial charge in [-0.25, -0.2) is 17.6 Å². The maximum absolute atomic E-state index is 14.1. The molecule has 3 rings (SSSR count). The second-order valence-electron chi connectivity index (χ2n) is 7.46. The number of aliphatic hydroxyl groups is 1. The minimum absolute atomic E-state index is 0.0732. The van der Waals surface area contributed by atoms with Crippen molar-refractivity contribution in [3.05, 3.63) is 53.1 Å². The number of ketones is 1. The summed E-state index contributed by atoms with van der Waals surface area (Å²) in [5, 5.41) is 7.44. The summed E-state index contributed by atoms with van der Waals surface area (Å²) in [6.07, 6.45) is -8.68. The molecule has 0 aromatic heterocycles. The van der Waals surface area contributed by atoms with Crippen LogP contribution in [0.25, 0.3) is 16.5 Å². The highest BCUT2D eigenvalue weighted by molar-refractivity contribution is 6.03. The van der Waals surface area contributed by atoms with Crippen molar-refractivity contribution < 1.29 is 75.8 Å². The van der Waals surface area contributed by atoms with E-state index in [1.165, 1.54) is 0 Å². The number of alkyl halides is 11. The molecular formula is C19H5F15O2. The van der Waals surface area contributed by atoms with Gasteiger partial charge >= 0.3 is 29.9 Å². The molecule has 1 fully saturated rings. The summed E-state index contributed by atoms with van der Waals surface area (Å²) in [7, 11) is 0. The van der Waals surface area contributed by atoms with Crippen LogP contribution in [0.15, 0.2) is 24.3 Å². The first kappa shape index (κ1) is 27.4. The topological polar surface area (TPSA) is 37.3 Å².